The van der Waals surface area contributed by atoms with Crippen LogP contribution in [0, 0.1) is 0 Å². The molecule has 3 amide bonds. The molecule has 8 nitrogen and oxygen atoms in total. The first-order valence-corrected chi connectivity index (χ1v) is 10.8. The lowest BCUT2D eigenvalue weighted by Crippen LogP contribution is -2.41. The van der Waals surface area contributed by atoms with Gasteiger partial charge in [-0.2, -0.15) is 4.98 Å². The molecule has 1 unspecified atom stereocenters. The highest BCUT2D eigenvalue weighted by Gasteiger charge is 2.49. The molecule has 8 heteroatoms. The van der Waals surface area contributed by atoms with Crippen molar-refractivity contribution < 1.29 is 18.8 Å². The molecule has 2 aliphatic rings. The molecule has 1 aliphatic heterocycles. The van der Waals surface area contributed by atoms with Crippen molar-refractivity contribution in [2.24, 2.45) is 0 Å². The van der Waals surface area contributed by atoms with Crippen LogP contribution < -0.4 is 10.1 Å². The number of nitrogens with zero attached hydrogens (tertiary/aromatic N) is 3. The summed E-state index contributed by atoms with van der Waals surface area (Å²) < 4.78 is 11.0. The third-order valence-electron chi connectivity index (χ3n) is 6.14. The van der Waals surface area contributed by atoms with Gasteiger partial charge in [-0.05, 0) is 61.9 Å². The number of carbonyl (C=O) groups is 2. The average molecular weight is 432 g/mol. The first-order chi connectivity index (χ1) is 15.5. The van der Waals surface area contributed by atoms with Crippen molar-refractivity contribution in [1.82, 2.24) is 20.4 Å². The quantitative estimate of drug-likeness (QED) is 0.598. The van der Waals surface area contributed by atoms with Gasteiger partial charge in [-0.3, -0.25) is 9.69 Å². The van der Waals surface area contributed by atoms with Crippen LogP contribution in [0.2, 0.25) is 0 Å². The van der Waals surface area contributed by atoms with Crippen LogP contribution in [0.25, 0.3) is 11.4 Å². The molecule has 2 aromatic carbocycles. The molecule has 32 heavy (non-hydrogen) atoms. The maximum Gasteiger partial charge on any atom is 0.325 e. The molecule has 1 fully saturated rings. The van der Waals surface area contributed by atoms with Crippen molar-refractivity contribution in [3.8, 4) is 17.1 Å². The molecular formula is C24H24N4O4. The van der Waals surface area contributed by atoms with Crippen molar-refractivity contribution in [3.05, 3.63) is 65.0 Å². The minimum atomic E-state index is -1.13. The number of carbonyl (C=O) groups excluding carboxylic acids is 2. The van der Waals surface area contributed by atoms with Crippen molar-refractivity contribution in [2.75, 3.05) is 6.61 Å². The Morgan fingerprint density at radius 1 is 1.16 bits per heavy atom. The van der Waals surface area contributed by atoms with Gasteiger partial charge in [0.1, 0.15) is 17.8 Å². The van der Waals surface area contributed by atoms with Gasteiger partial charge in [0.15, 0.2) is 0 Å². The van der Waals surface area contributed by atoms with Crippen molar-refractivity contribution in [3.63, 3.8) is 0 Å². The van der Waals surface area contributed by atoms with Gasteiger partial charge in [-0.15, -0.1) is 0 Å². The summed E-state index contributed by atoms with van der Waals surface area (Å²) in [6.07, 6.45) is 3.18. The number of benzene rings is 2. The van der Waals surface area contributed by atoms with Crippen LogP contribution in [-0.4, -0.2) is 33.6 Å². The van der Waals surface area contributed by atoms with Crippen LogP contribution in [0.3, 0.4) is 0 Å². The fourth-order valence-electron chi connectivity index (χ4n) is 4.42. The molecule has 0 radical (unpaired) electrons. The molecule has 1 aliphatic carbocycles. The van der Waals surface area contributed by atoms with Gasteiger partial charge in [-0.1, -0.05) is 35.5 Å². The maximum absolute atomic E-state index is 13.3. The van der Waals surface area contributed by atoms with Gasteiger partial charge in [0, 0.05) is 0 Å². The minimum Gasteiger partial charge on any atom is -0.493 e. The second kappa shape index (κ2) is 7.78. The third-order valence-corrected chi connectivity index (χ3v) is 6.14. The van der Waals surface area contributed by atoms with Crippen molar-refractivity contribution >= 4 is 11.9 Å². The minimum absolute atomic E-state index is 0.102. The molecule has 5 rings (SSSR count). The van der Waals surface area contributed by atoms with E-state index in [9.17, 15) is 9.59 Å². The van der Waals surface area contributed by atoms with E-state index in [1.807, 2.05) is 43.3 Å². The Balaban J connectivity index is 1.38. The highest BCUT2D eigenvalue weighted by molar-refractivity contribution is 6.07. The average Bonchev–Trinajstić information content (AvgIpc) is 3.50. The standard InChI is InChI=1S/C24H24N4O4/c1-3-31-19-10-5-4-9-18(19)21-25-20(32-27-21)14-28-22(29)24(2,26-23(28)30)17-12-11-15-7-6-8-16(15)13-17/h4-5,9-13H,3,6-8,14H2,1-2H3,(H,26,30). The number of aromatic nitrogens is 2. The number of para-hydroxylation sites is 1. The van der Waals surface area contributed by atoms with E-state index in [2.05, 4.69) is 21.5 Å². The third kappa shape index (κ3) is 3.32. The number of nitrogens with one attached hydrogen (secondary N) is 1. The predicted molar refractivity (Wildman–Crippen MR) is 116 cm³/mol. The first-order valence-electron chi connectivity index (χ1n) is 10.8. The summed E-state index contributed by atoms with van der Waals surface area (Å²) in [5.41, 5.74) is 2.91. The highest BCUT2D eigenvalue weighted by atomic mass is 16.5. The van der Waals surface area contributed by atoms with Gasteiger partial charge < -0.3 is 14.6 Å². The number of hydrogen-bond acceptors (Lipinski definition) is 6. The molecular weight excluding hydrogens is 408 g/mol. The molecule has 1 N–H and O–H groups in total. The zero-order valence-corrected chi connectivity index (χ0v) is 18.1. The van der Waals surface area contributed by atoms with E-state index in [0.717, 1.165) is 29.7 Å². The van der Waals surface area contributed by atoms with Gasteiger partial charge in [0.2, 0.25) is 11.7 Å². The summed E-state index contributed by atoms with van der Waals surface area (Å²) in [5, 5.41) is 6.87. The van der Waals surface area contributed by atoms with Crippen LogP contribution in [0.5, 0.6) is 5.75 Å². The summed E-state index contributed by atoms with van der Waals surface area (Å²) in [4.78, 5) is 31.5. The number of imide groups is 1. The number of aryl methyl sites for hydroxylation is 2. The summed E-state index contributed by atoms with van der Waals surface area (Å²) in [6, 6.07) is 12.9. The second-order valence-electron chi connectivity index (χ2n) is 8.22. The SMILES string of the molecule is CCOc1ccccc1-c1noc(CN2C(=O)NC(C)(c3ccc4c(c3)CCC4)C2=O)n1. The Morgan fingerprint density at radius 3 is 2.81 bits per heavy atom. The van der Waals surface area contributed by atoms with Crippen LogP contribution in [0.1, 0.15) is 42.8 Å². The van der Waals surface area contributed by atoms with Gasteiger partial charge in [0.25, 0.3) is 5.91 Å². The summed E-state index contributed by atoms with van der Waals surface area (Å²) in [6.45, 7) is 4.04. The fourth-order valence-corrected chi connectivity index (χ4v) is 4.42. The lowest BCUT2D eigenvalue weighted by atomic mass is 9.90. The number of amides is 3. The molecule has 1 atom stereocenters. The Hall–Kier alpha value is -3.68. The van der Waals surface area contributed by atoms with E-state index in [1.54, 1.807) is 6.92 Å². The number of hydrogen-bond donors (Lipinski definition) is 1. The highest BCUT2D eigenvalue weighted by Crippen LogP contribution is 2.33. The molecule has 1 saturated heterocycles. The molecule has 0 bridgehead atoms. The van der Waals surface area contributed by atoms with E-state index in [1.165, 1.54) is 11.1 Å². The zero-order chi connectivity index (χ0) is 22.3. The summed E-state index contributed by atoms with van der Waals surface area (Å²) in [5.74, 6) is 0.821. The number of rotatable bonds is 6. The molecule has 0 saturated carbocycles. The summed E-state index contributed by atoms with van der Waals surface area (Å²) in [7, 11) is 0. The lowest BCUT2D eigenvalue weighted by Gasteiger charge is -2.22. The topological polar surface area (TPSA) is 97.6 Å². The van der Waals surface area contributed by atoms with Gasteiger partial charge in [-0.25, -0.2) is 4.79 Å². The van der Waals surface area contributed by atoms with Crippen LogP contribution in [-0.2, 0) is 29.7 Å². The van der Waals surface area contributed by atoms with Crippen molar-refractivity contribution in [2.45, 2.75) is 45.2 Å². The largest absolute Gasteiger partial charge is 0.493 e. The Morgan fingerprint density at radius 2 is 1.97 bits per heavy atom. The number of fused-ring (bicyclic) bond motifs is 1. The number of ether oxygens (including phenoxy) is 1. The smallest absolute Gasteiger partial charge is 0.325 e. The monoisotopic (exact) mass is 432 g/mol. The molecule has 3 aromatic rings. The number of urea groups is 1. The summed E-state index contributed by atoms with van der Waals surface area (Å²) >= 11 is 0. The lowest BCUT2D eigenvalue weighted by molar-refractivity contribution is -0.131. The van der Waals surface area contributed by atoms with Gasteiger partial charge >= 0.3 is 6.03 Å². The Bertz CT molecular complexity index is 1200. The van der Waals surface area contributed by atoms with E-state index in [0.29, 0.717) is 23.7 Å². The Kier molecular flexibility index (Phi) is 4.92. The maximum atomic E-state index is 13.3. The van der Waals surface area contributed by atoms with E-state index < -0.39 is 11.6 Å². The van der Waals surface area contributed by atoms with Crippen LogP contribution >= 0.6 is 0 Å². The predicted octanol–water partition coefficient (Wildman–Crippen LogP) is 3.59. The van der Waals surface area contributed by atoms with Gasteiger partial charge in [0.05, 0.1) is 12.2 Å². The zero-order valence-electron chi connectivity index (χ0n) is 18.1. The molecule has 164 valence electrons. The normalized spacial score (nSPS) is 19.9. The van der Waals surface area contributed by atoms with Crippen LogP contribution in [0.4, 0.5) is 4.79 Å². The second-order valence-corrected chi connectivity index (χ2v) is 8.22. The molecule has 1 aromatic heterocycles. The van der Waals surface area contributed by atoms with E-state index in [-0.39, 0.29) is 18.3 Å². The van der Waals surface area contributed by atoms with Crippen molar-refractivity contribution in [1.29, 1.82) is 0 Å². The molecule has 0 spiro atoms. The van der Waals surface area contributed by atoms with E-state index >= 15 is 0 Å². The van der Waals surface area contributed by atoms with E-state index in [4.69, 9.17) is 9.26 Å². The molecule has 2 heterocycles. The van der Waals surface area contributed by atoms with Crippen LogP contribution in [0.15, 0.2) is 47.0 Å². The first kappa shape index (κ1) is 20.2. The Labute approximate surface area is 185 Å². The fraction of sp³-hybridized carbons (Fsp3) is 0.333.